The Hall–Kier alpha value is -2.49. The number of carbonyl (C=O) groups excluding carboxylic acids is 1. The topological polar surface area (TPSA) is 84.0 Å². The maximum absolute atomic E-state index is 11.2. The predicted octanol–water partition coefficient (Wildman–Crippen LogP) is 4.01. The number of halogens is 1. The van der Waals surface area contributed by atoms with Crippen LogP contribution in [-0.2, 0) is 11.3 Å². The van der Waals surface area contributed by atoms with Crippen LogP contribution in [0.4, 0.5) is 10.5 Å². The molecule has 158 valence electrons. The van der Waals surface area contributed by atoms with E-state index in [-0.39, 0.29) is 24.0 Å². The molecule has 2 rings (SSSR count). The largest absolute Gasteiger partial charge is 0.494 e. The van der Waals surface area contributed by atoms with E-state index in [9.17, 15) is 4.79 Å². The molecule has 0 heterocycles. The number of nitrogens with zero attached hydrogens (tertiary/aromatic N) is 1. The summed E-state index contributed by atoms with van der Waals surface area (Å²) in [4.78, 5) is 15.8. The second-order valence-corrected chi connectivity index (χ2v) is 5.95. The van der Waals surface area contributed by atoms with Crippen LogP contribution in [0.2, 0.25) is 0 Å². The monoisotopic (exact) mass is 512 g/mol. The average Bonchev–Trinajstić information content (AvgIpc) is 2.73. The van der Waals surface area contributed by atoms with Gasteiger partial charge < -0.3 is 20.1 Å². The number of nitrogens with one attached hydrogen (secondary N) is 3. The summed E-state index contributed by atoms with van der Waals surface area (Å²) in [5.74, 6) is 1.65. The fraction of sp³-hybridized carbons (Fsp3) is 0.333. The van der Waals surface area contributed by atoms with E-state index in [1.807, 2.05) is 61.5 Å². The highest BCUT2D eigenvalue weighted by Gasteiger charge is 2.01. The normalized spacial score (nSPS) is 10.5. The van der Waals surface area contributed by atoms with Crippen LogP contribution in [0.15, 0.2) is 59.6 Å². The smallest absolute Gasteiger partial charge is 0.411 e. The van der Waals surface area contributed by atoms with Crippen LogP contribution in [0.1, 0.15) is 18.9 Å². The van der Waals surface area contributed by atoms with E-state index in [4.69, 9.17) is 4.74 Å². The zero-order valence-corrected chi connectivity index (χ0v) is 19.1. The number of hydrogen-bond acceptors (Lipinski definition) is 4. The van der Waals surface area contributed by atoms with Gasteiger partial charge in [0.2, 0.25) is 0 Å². The lowest BCUT2D eigenvalue weighted by molar-refractivity contribution is 0.187. The van der Waals surface area contributed by atoms with Crippen molar-refractivity contribution in [1.29, 1.82) is 0 Å². The van der Waals surface area contributed by atoms with E-state index >= 15 is 0 Å². The molecule has 0 aliphatic carbocycles. The Kier molecular flexibility index (Phi) is 12.3. The third-order valence-corrected chi connectivity index (χ3v) is 3.78. The first kappa shape index (κ1) is 24.5. The molecular formula is C21H29IN4O3. The molecule has 0 atom stereocenters. The van der Waals surface area contributed by atoms with Crippen molar-refractivity contribution in [2.75, 3.05) is 32.1 Å². The standard InChI is InChI=1S/C21H28N4O3.HI/c1-3-22-20(23-14-7-15-28-19-8-5-4-6-9-19)24-16-17-10-12-18(13-11-17)25-21(26)27-2;/h4-6,8-13H,3,7,14-16H2,1-2H3,(H,25,26)(H2,22,23,24);1H. The summed E-state index contributed by atoms with van der Waals surface area (Å²) < 4.78 is 10.3. The molecule has 0 fully saturated rings. The maximum atomic E-state index is 11.2. The van der Waals surface area contributed by atoms with Gasteiger partial charge in [-0.3, -0.25) is 5.32 Å². The summed E-state index contributed by atoms with van der Waals surface area (Å²) in [6.07, 6.45) is 0.383. The fourth-order valence-electron chi connectivity index (χ4n) is 2.36. The third kappa shape index (κ3) is 10.0. The molecule has 0 bridgehead atoms. The Morgan fingerprint density at radius 1 is 1.03 bits per heavy atom. The van der Waals surface area contributed by atoms with Crippen LogP contribution >= 0.6 is 24.0 Å². The Morgan fingerprint density at radius 3 is 2.41 bits per heavy atom. The number of rotatable bonds is 9. The van der Waals surface area contributed by atoms with Gasteiger partial charge in [0.1, 0.15) is 5.75 Å². The number of hydrogen-bond donors (Lipinski definition) is 3. The number of guanidine groups is 1. The van der Waals surface area contributed by atoms with Crippen molar-refractivity contribution in [2.45, 2.75) is 19.9 Å². The molecule has 0 aliphatic heterocycles. The van der Waals surface area contributed by atoms with Crippen LogP contribution < -0.4 is 20.7 Å². The molecule has 3 N–H and O–H groups in total. The van der Waals surface area contributed by atoms with Gasteiger partial charge in [0.15, 0.2) is 5.96 Å². The quantitative estimate of drug-likeness (QED) is 0.205. The number of amides is 1. The molecule has 0 saturated carbocycles. The molecule has 0 saturated heterocycles. The van der Waals surface area contributed by atoms with Crippen molar-refractivity contribution in [3.8, 4) is 5.75 Å². The van der Waals surface area contributed by atoms with Crippen LogP contribution in [0.25, 0.3) is 0 Å². The lowest BCUT2D eigenvalue weighted by Gasteiger charge is -2.12. The molecule has 7 nitrogen and oxygen atoms in total. The lowest BCUT2D eigenvalue weighted by atomic mass is 10.2. The first-order chi connectivity index (χ1) is 13.7. The molecular weight excluding hydrogens is 483 g/mol. The van der Waals surface area contributed by atoms with E-state index < -0.39 is 6.09 Å². The van der Waals surface area contributed by atoms with Gasteiger partial charge in [-0.15, -0.1) is 24.0 Å². The number of carbonyl (C=O) groups is 1. The van der Waals surface area contributed by atoms with Crippen molar-refractivity contribution in [2.24, 2.45) is 4.99 Å². The third-order valence-electron chi connectivity index (χ3n) is 3.78. The highest BCUT2D eigenvalue weighted by Crippen LogP contribution is 2.11. The van der Waals surface area contributed by atoms with Gasteiger partial charge in [-0.2, -0.15) is 0 Å². The molecule has 8 heteroatoms. The summed E-state index contributed by atoms with van der Waals surface area (Å²) in [5.41, 5.74) is 1.73. The molecule has 0 spiro atoms. The predicted molar refractivity (Wildman–Crippen MR) is 127 cm³/mol. The second-order valence-electron chi connectivity index (χ2n) is 5.95. The number of benzene rings is 2. The molecule has 1 amide bonds. The van der Waals surface area contributed by atoms with Gasteiger partial charge in [0.05, 0.1) is 20.3 Å². The first-order valence-electron chi connectivity index (χ1n) is 9.35. The van der Waals surface area contributed by atoms with Crippen LogP contribution in [-0.4, -0.2) is 38.9 Å². The van der Waals surface area contributed by atoms with E-state index in [0.29, 0.717) is 18.8 Å². The minimum absolute atomic E-state index is 0. The van der Waals surface area contributed by atoms with Crippen molar-refractivity contribution >= 4 is 41.7 Å². The van der Waals surface area contributed by atoms with E-state index in [1.54, 1.807) is 0 Å². The average molecular weight is 512 g/mol. The molecule has 0 aromatic heterocycles. The summed E-state index contributed by atoms with van der Waals surface area (Å²) in [6, 6.07) is 17.3. The van der Waals surface area contributed by atoms with Crippen molar-refractivity contribution in [1.82, 2.24) is 10.6 Å². The van der Waals surface area contributed by atoms with E-state index in [2.05, 4.69) is 25.7 Å². The summed E-state index contributed by atoms with van der Waals surface area (Å²) >= 11 is 0. The molecule has 0 unspecified atom stereocenters. The molecule has 2 aromatic rings. The fourth-order valence-corrected chi connectivity index (χ4v) is 2.36. The van der Waals surface area contributed by atoms with Gasteiger partial charge in [-0.05, 0) is 43.2 Å². The highest BCUT2D eigenvalue weighted by atomic mass is 127. The van der Waals surface area contributed by atoms with Gasteiger partial charge in [-0.1, -0.05) is 30.3 Å². The lowest BCUT2D eigenvalue weighted by Crippen LogP contribution is -2.38. The van der Waals surface area contributed by atoms with Crippen molar-refractivity contribution in [3.05, 3.63) is 60.2 Å². The van der Waals surface area contributed by atoms with E-state index in [0.717, 1.165) is 36.8 Å². The Bertz CT molecular complexity index is 739. The molecule has 0 aliphatic rings. The Labute approximate surface area is 189 Å². The number of para-hydroxylation sites is 1. The minimum atomic E-state index is -0.486. The van der Waals surface area contributed by atoms with Gasteiger partial charge in [0.25, 0.3) is 0 Å². The van der Waals surface area contributed by atoms with Crippen LogP contribution in [0.5, 0.6) is 5.75 Å². The van der Waals surface area contributed by atoms with Crippen LogP contribution in [0, 0.1) is 0 Å². The number of methoxy groups -OCH3 is 1. The molecule has 2 aromatic carbocycles. The van der Waals surface area contributed by atoms with Crippen molar-refractivity contribution in [3.63, 3.8) is 0 Å². The van der Waals surface area contributed by atoms with Gasteiger partial charge >= 0.3 is 6.09 Å². The Balaban J connectivity index is 0.00000420. The SMILES string of the molecule is CCNC(=NCc1ccc(NC(=O)OC)cc1)NCCCOc1ccccc1.I. The number of anilines is 1. The second kappa shape index (κ2) is 14.5. The van der Waals surface area contributed by atoms with Gasteiger partial charge in [0, 0.05) is 18.8 Å². The maximum Gasteiger partial charge on any atom is 0.411 e. The summed E-state index contributed by atoms with van der Waals surface area (Å²) in [5, 5.41) is 9.16. The number of aliphatic imine (C=N–C) groups is 1. The molecule has 29 heavy (non-hydrogen) atoms. The zero-order valence-electron chi connectivity index (χ0n) is 16.8. The zero-order chi connectivity index (χ0) is 20.0. The summed E-state index contributed by atoms with van der Waals surface area (Å²) in [6.45, 7) is 4.76. The number of ether oxygens (including phenoxy) is 2. The van der Waals surface area contributed by atoms with Crippen molar-refractivity contribution < 1.29 is 14.3 Å². The first-order valence-corrected chi connectivity index (χ1v) is 9.35. The Morgan fingerprint density at radius 2 is 1.76 bits per heavy atom. The van der Waals surface area contributed by atoms with E-state index in [1.165, 1.54) is 7.11 Å². The minimum Gasteiger partial charge on any atom is -0.494 e. The van der Waals surface area contributed by atoms with Gasteiger partial charge in [-0.25, -0.2) is 9.79 Å². The highest BCUT2D eigenvalue weighted by molar-refractivity contribution is 14.0. The summed E-state index contributed by atoms with van der Waals surface area (Å²) in [7, 11) is 1.33. The molecule has 0 radical (unpaired) electrons. The van der Waals surface area contributed by atoms with Crippen LogP contribution in [0.3, 0.4) is 0 Å².